The molecule has 2 amide bonds. The van der Waals surface area contributed by atoms with Crippen LogP contribution in [0.3, 0.4) is 0 Å². The molecule has 1 atom stereocenters. The van der Waals surface area contributed by atoms with Gasteiger partial charge >= 0.3 is 11.8 Å². The number of rotatable bonds is 5. The Hall–Kier alpha value is -2.74. The van der Waals surface area contributed by atoms with Crippen LogP contribution in [0.5, 0.6) is 0 Å². The van der Waals surface area contributed by atoms with Gasteiger partial charge in [-0.15, -0.1) is 0 Å². The van der Waals surface area contributed by atoms with Gasteiger partial charge in [0.25, 0.3) is 5.56 Å². The van der Waals surface area contributed by atoms with Gasteiger partial charge in [0.15, 0.2) is 0 Å². The first-order valence-corrected chi connectivity index (χ1v) is 11.9. The molecule has 8 nitrogen and oxygen atoms in total. The van der Waals surface area contributed by atoms with Gasteiger partial charge < -0.3 is 15.5 Å². The Labute approximate surface area is 188 Å². The smallest absolute Gasteiger partial charge is 0.313 e. The molecule has 8 heteroatoms. The van der Waals surface area contributed by atoms with E-state index in [1.54, 1.807) is 22.8 Å². The highest BCUT2D eigenvalue weighted by Gasteiger charge is 2.19. The number of nitrogens with one attached hydrogen (secondary N) is 2. The number of carbonyl (C=O) groups is 2. The van der Waals surface area contributed by atoms with Crippen molar-refractivity contribution >= 4 is 28.4 Å². The van der Waals surface area contributed by atoms with Crippen LogP contribution in [0, 0.1) is 0 Å². The number of hydrogen-bond acceptors (Lipinski definition) is 5. The Balaban J connectivity index is 1.34. The van der Waals surface area contributed by atoms with E-state index in [0.717, 1.165) is 51.0 Å². The van der Waals surface area contributed by atoms with Crippen LogP contribution in [0.4, 0.5) is 5.69 Å². The lowest BCUT2D eigenvalue weighted by molar-refractivity contribution is -0.136. The summed E-state index contributed by atoms with van der Waals surface area (Å²) in [4.78, 5) is 44.6. The lowest BCUT2D eigenvalue weighted by atomic mass is 10.0. The van der Waals surface area contributed by atoms with Crippen LogP contribution in [0.15, 0.2) is 23.0 Å². The zero-order chi connectivity index (χ0) is 22.5. The molecule has 1 aromatic heterocycles. The van der Waals surface area contributed by atoms with E-state index in [4.69, 9.17) is 0 Å². The number of fused-ring (bicyclic) bond motifs is 2. The Morgan fingerprint density at radius 3 is 2.78 bits per heavy atom. The Kier molecular flexibility index (Phi) is 7.19. The van der Waals surface area contributed by atoms with Gasteiger partial charge in [0.2, 0.25) is 0 Å². The maximum absolute atomic E-state index is 13.0. The van der Waals surface area contributed by atoms with Crippen LogP contribution in [0.25, 0.3) is 10.9 Å². The molecular formula is C24H33N5O3. The zero-order valence-electron chi connectivity index (χ0n) is 18.9. The van der Waals surface area contributed by atoms with Gasteiger partial charge in [0, 0.05) is 37.8 Å². The van der Waals surface area contributed by atoms with Gasteiger partial charge in [-0.2, -0.15) is 0 Å². The minimum Gasteiger partial charge on any atom is -0.348 e. The summed E-state index contributed by atoms with van der Waals surface area (Å²) in [5.74, 6) is -0.554. The summed E-state index contributed by atoms with van der Waals surface area (Å²) < 4.78 is 1.75. The summed E-state index contributed by atoms with van der Waals surface area (Å²) >= 11 is 0. The van der Waals surface area contributed by atoms with E-state index in [0.29, 0.717) is 35.7 Å². The Morgan fingerprint density at radius 2 is 1.94 bits per heavy atom. The molecule has 32 heavy (non-hydrogen) atoms. The number of carbonyl (C=O) groups excluding carboxylic acids is 2. The molecule has 172 valence electrons. The molecule has 4 rings (SSSR count). The van der Waals surface area contributed by atoms with E-state index in [9.17, 15) is 14.4 Å². The van der Waals surface area contributed by atoms with E-state index in [-0.39, 0.29) is 5.56 Å². The van der Waals surface area contributed by atoms with Crippen molar-refractivity contribution < 1.29 is 9.59 Å². The molecule has 0 aliphatic carbocycles. The summed E-state index contributed by atoms with van der Waals surface area (Å²) in [6.07, 6.45) is 8.45. The molecular weight excluding hydrogens is 406 g/mol. The molecule has 0 radical (unpaired) electrons. The molecule has 1 saturated heterocycles. The third kappa shape index (κ3) is 5.18. The maximum Gasteiger partial charge on any atom is 0.313 e. The second kappa shape index (κ2) is 10.3. The molecule has 1 fully saturated rings. The zero-order valence-corrected chi connectivity index (χ0v) is 18.9. The molecule has 0 spiro atoms. The average molecular weight is 440 g/mol. The van der Waals surface area contributed by atoms with Crippen molar-refractivity contribution in [1.82, 2.24) is 19.8 Å². The fraction of sp³-hybridized carbons (Fsp3) is 0.583. The number of likely N-dealkylation sites (tertiary alicyclic amines) is 1. The van der Waals surface area contributed by atoms with Crippen molar-refractivity contribution in [3.63, 3.8) is 0 Å². The van der Waals surface area contributed by atoms with Crippen molar-refractivity contribution in [3.05, 3.63) is 34.4 Å². The van der Waals surface area contributed by atoms with Gasteiger partial charge in [-0.1, -0.05) is 12.8 Å². The fourth-order valence-electron chi connectivity index (χ4n) is 4.74. The van der Waals surface area contributed by atoms with Crippen LogP contribution in [0.2, 0.25) is 0 Å². The van der Waals surface area contributed by atoms with Gasteiger partial charge in [-0.25, -0.2) is 4.98 Å². The number of aromatic nitrogens is 2. The minimum absolute atomic E-state index is 0.0839. The number of piperidine rings is 1. The van der Waals surface area contributed by atoms with Gasteiger partial charge in [0.1, 0.15) is 5.82 Å². The van der Waals surface area contributed by atoms with Crippen molar-refractivity contribution in [2.24, 2.45) is 0 Å². The summed E-state index contributed by atoms with van der Waals surface area (Å²) in [5, 5.41) is 5.77. The van der Waals surface area contributed by atoms with Crippen molar-refractivity contribution in [1.29, 1.82) is 0 Å². The highest BCUT2D eigenvalue weighted by molar-refractivity contribution is 6.39. The molecule has 0 bridgehead atoms. The number of hydrogen-bond donors (Lipinski definition) is 2. The third-order valence-corrected chi connectivity index (χ3v) is 6.63. The fourth-order valence-corrected chi connectivity index (χ4v) is 4.74. The van der Waals surface area contributed by atoms with Crippen LogP contribution >= 0.6 is 0 Å². The van der Waals surface area contributed by atoms with E-state index >= 15 is 0 Å². The monoisotopic (exact) mass is 439 g/mol. The minimum atomic E-state index is -0.724. The van der Waals surface area contributed by atoms with Gasteiger partial charge in [-0.3, -0.25) is 19.0 Å². The summed E-state index contributed by atoms with van der Waals surface area (Å²) in [7, 11) is 0. The predicted molar refractivity (Wildman–Crippen MR) is 125 cm³/mol. The van der Waals surface area contributed by atoms with E-state index in [1.807, 2.05) is 0 Å². The highest BCUT2D eigenvalue weighted by atomic mass is 16.2. The van der Waals surface area contributed by atoms with E-state index in [1.165, 1.54) is 19.3 Å². The van der Waals surface area contributed by atoms with E-state index in [2.05, 4.69) is 27.4 Å². The number of anilines is 1. The van der Waals surface area contributed by atoms with Crippen LogP contribution in [0.1, 0.15) is 57.7 Å². The second-order valence-corrected chi connectivity index (χ2v) is 8.97. The Morgan fingerprint density at radius 1 is 1.09 bits per heavy atom. The molecule has 2 aliphatic heterocycles. The average Bonchev–Trinajstić information content (AvgIpc) is 3.04. The molecule has 2 aliphatic rings. The van der Waals surface area contributed by atoms with Crippen molar-refractivity contribution in [2.75, 3.05) is 25.0 Å². The number of benzene rings is 1. The molecule has 1 aromatic carbocycles. The van der Waals surface area contributed by atoms with E-state index < -0.39 is 11.8 Å². The normalized spacial score (nSPS) is 19.2. The number of nitrogens with zero attached hydrogens (tertiary/aromatic N) is 3. The summed E-state index contributed by atoms with van der Waals surface area (Å²) in [6, 6.07) is 5.62. The predicted octanol–water partition coefficient (Wildman–Crippen LogP) is 2.44. The van der Waals surface area contributed by atoms with Crippen molar-refractivity contribution in [2.45, 2.75) is 70.9 Å². The topological polar surface area (TPSA) is 96.3 Å². The quantitative estimate of drug-likeness (QED) is 0.551. The van der Waals surface area contributed by atoms with Crippen molar-refractivity contribution in [3.8, 4) is 0 Å². The Bertz CT molecular complexity index is 1050. The summed E-state index contributed by atoms with van der Waals surface area (Å²) in [5.41, 5.74) is 0.963. The van der Waals surface area contributed by atoms with Gasteiger partial charge in [-0.05, 0) is 63.8 Å². The molecule has 2 N–H and O–H groups in total. The molecule has 0 saturated carbocycles. The first-order valence-electron chi connectivity index (χ1n) is 11.9. The first kappa shape index (κ1) is 22.5. The standard InChI is InChI=1S/C24H33N5O3/c1-17-8-4-6-13-28(17)14-7-12-25-22(30)23(31)26-18-10-11-20-19(16-18)24(32)29-15-5-2-3-9-21(29)27-20/h10-11,16-17H,2-9,12-15H2,1H3,(H,25,30)(H,26,31)/t17-/m0/s1. The lowest BCUT2D eigenvalue weighted by Crippen LogP contribution is -2.40. The summed E-state index contributed by atoms with van der Waals surface area (Å²) in [6.45, 7) is 5.41. The highest BCUT2D eigenvalue weighted by Crippen LogP contribution is 2.19. The van der Waals surface area contributed by atoms with Crippen LogP contribution in [-0.4, -0.2) is 51.9 Å². The number of amides is 2. The van der Waals surface area contributed by atoms with Crippen LogP contribution in [-0.2, 0) is 22.6 Å². The number of aryl methyl sites for hydroxylation is 1. The maximum atomic E-state index is 13.0. The first-order chi connectivity index (χ1) is 15.5. The van der Waals surface area contributed by atoms with Crippen LogP contribution < -0.4 is 16.2 Å². The second-order valence-electron chi connectivity index (χ2n) is 8.97. The molecule has 0 unspecified atom stereocenters. The third-order valence-electron chi connectivity index (χ3n) is 6.63. The van der Waals surface area contributed by atoms with Gasteiger partial charge in [0.05, 0.1) is 10.9 Å². The molecule has 2 aromatic rings. The SMILES string of the molecule is C[C@H]1CCCCN1CCCNC(=O)C(=O)Nc1ccc2nc3n(c(=O)c2c1)CCCCC3. The molecule has 3 heterocycles. The lowest BCUT2D eigenvalue weighted by Gasteiger charge is -2.33. The largest absolute Gasteiger partial charge is 0.348 e.